The molecule has 22 heavy (non-hydrogen) atoms. The first-order valence-corrected chi connectivity index (χ1v) is 8.94. The van der Waals surface area contributed by atoms with Gasteiger partial charge in [-0.1, -0.05) is 29.8 Å². The van der Waals surface area contributed by atoms with E-state index < -0.39 is 10.0 Å². The number of carbonyl (C=O) groups is 1. The monoisotopic (exact) mass is 328 g/mol. The van der Waals surface area contributed by atoms with E-state index in [1.807, 2.05) is 31.2 Å². The molecule has 0 saturated heterocycles. The number of hydrogen-bond donors (Lipinski definition) is 1. The maximum Gasteiger partial charge on any atom is 0.224 e. The van der Waals surface area contributed by atoms with Gasteiger partial charge >= 0.3 is 0 Å². The fraction of sp³-hybridized carbons (Fsp3) is 0.533. The number of aryl methyl sites for hydroxylation is 1. The SMILES string of the molecule is COCCN(CCNC(=O)Cc1cccc(C)c1)S(C)(=O)=O. The van der Waals surface area contributed by atoms with Crippen LogP contribution in [0.25, 0.3) is 0 Å². The molecule has 1 aromatic rings. The quantitative estimate of drug-likeness (QED) is 0.719. The highest BCUT2D eigenvalue weighted by Crippen LogP contribution is 2.04. The Bertz CT molecular complexity index is 587. The summed E-state index contributed by atoms with van der Waals surface area (Å²) in [6, 6.07) is 7.74. The normalized spacial score (nSPS) is 11.6. The standard InChI is InChI=1S/C15H24N2O4S/c1-13-5-4-6-14(11-13)12-15(18)16-7-8-17(9-10-21-2)22(3,19)20/h4-6,11H,7-10,12H2,1-3H3,(H,16,18). The fourth-order valence-corrected chi connectivity index (χ4v) is 2.86. The number of nitrogens with zero attached hydrogens (tertiary/aromatic N) is 1. The smallest absolute Gasteiger partial charge is 0.224 e. The van der Waals surface area contributed by atoms with Crippen LogP contribution in [0.2, 0.25) is 0 Å². The van der Waals surface area contributed by atoms with Crippen LogP contribution < -0.4 is 5.32 Å². The van der Waals surface area contributed by atoms with Crippen molar-refractivity contribution in [2.24, 2.45) is 0 Å². The summed E-state index contributed by atoms with van der Waals surface area (Å²) < 4.78 is 29.4. The van der Waals surface area contributed by atoms with E-state index in [1.165, 1.54) is 11.4 Å². The maximum atomic E-state index is 11.9. The molecule has 0 bridgehead atoms. The number of methoxy groups -OCH3 is 1. The highest BCUT2D eigenvalue weighted by molar-refractivity contribution is 7.88. The number of carbonyl (C=O) groups excluding carboxylic acids is 1. The predicted octanol–water partition coefficient (Wildman–Crippen LogP) is 0.562. The molecule has 0 aromatic heterocycles. The van der Waals surface area contributed by atoms with Gasteiger partial charge in [0.05, 0.1) is 19.3 Å². The van der Waals surface area contributed by atoms with Crippen LogP contribution in [0.1, 0.15) is 11.1 Å². The van der Waals surface area contributed by atoms with Crippen molar-refractivity contribution in [3.63, 3.8) is 0 Å². The third-order valence-electron chi connectivity index (χ3n) is 3.14. The average molecular weight is 328 g/mol. The van der Waals surface area contributed by atoms with Crippen LogP contribution in [0.3, 0.4) is 0 Å². The summed E-state index contributed by atoms with van der Waals surface area (Å²) in [5.41, 5.74) is 2.05. The van der Waals surface area contributed by atoms with Crippen molar-refractivity contribution in [1.29, 1.82) is 0 Å². The van der Waals surface area contributed by atoms with Crippen molar-refractivity contribution in [3.05, 3.63) is 35.4 Å². The molecule has 1 aromatic carbocycles. The molecule has 0 aliphatic carbocycles. The van der Waals surface area contributed by atoms with Gasteiger partial charge < -0.3 is 10.1 Å². The average Bonchev–Trinajstić information content (AvgIpc) is 2.41. The van der Waals surface area contributed by atoms with Gasteiger partial charge in [-0.2, -0.15) is 4.31 Å². The highest BCUT2D eigenvalue weighted by atomic mass is 32.2. The fourth-order valence-electron chi connectivity index (χ4n) is 2.03. The summed E-state index contributed by atoms with van der Waals surface area (Å²) >= 11 is 0. The largest absolute Gasteiger partial charge is 0.383 e. The van der Waals surface area contributed by atoms with Gasteiger partial charge in [-0.05, 0) is 12.5 Å². The van der Waals surface area contributed by atoms with Crippen LogP contribution in [-0.4, -0.2) is 58.2 Å². The molecular formula is C15H24N2O4S. The van der Waals surface area contributed by atoms with Gasteiger partial charge in [0.15, 0.2) is 0 Å². The molecule has 1 rings (SSSR count). The Labute approximate surface area is 132 Å². The van der Waals surface area contributed by atoms with Crippen molar-refractivity contribution in [2.75, 3.05) is 39.6 Å². The molecular weight excluding hydrogens is 304 g/mol. The Morgan fingerprint density at radius 1 is 1.32 bits per heavy atom. The summed E-state index contributed by atoms with van der Waals surface area (Å²) in [4.78, 5) is 11.9. The molecule has 1 N–H and O–H groups in total. The number of benzene rings is 1. The second kappa shape index (κ2) is 8.87. The summed E-state index contributed by atoms with van der Waals surface area (Å²) in [5, 5.41) is 2.74. The lowest BCUT2D eigenvalue weighted by Gasteiger charge is -2.19. The van der Waals surface area contributed by atoms with E-state index in [0.717, 1.165) is 17.4 Å². The zero-order chi connectivity index (χ0) is 16.6. The van der Waals surface area contributed by atoms with E-state index in [9.17, 15) is 13.2 Å². The summed E-state index contributed by atoms with van der Waals surface area (Å²) in [5.74, 6) is -0.120. The first-order chi connectivity index (χ1) is 10.3. The Hall–Kier alpha value is -1.44. The Morgan fingerprint density at radius 3 is 2.64 bits per heavy atom. The number of rotatable bonds is 9. The Kier molecular flexibility index (Phi) is 7.50. The van der Waals surface area contributed by atoms with Gasteiger partial charge in [0.2, 0.25) is 15.9 Å². The minimum atomic E-state index is -3.30. The van der Waals surface area contributed by atoms with E-state index in [2.05, 4.69) is 5.32 Å². The van der Waals surface area contributed by atoms with E-state index >= 15 is 0 Å². The number of hydrogen-bond acceptors (Lipinski definition) is 4. The van der Waals surface area contributed by atoms with Gasteiger partial charge in [-0.15, -0.1) is 0 Å². The molecule has 0 spiro atoms. The van der Waals surface area contributed by atoms with Gasteiger partial charge in [-0.3, -0.25) is 4.79 Å². The third-order valence-corrected chi connectivity index (χ3v) is 4.45. The molecule has 0 radical (unpaired) electrons. The molecule has 0 fully saturated rings. The summed E-state index contributed by atoms with van der Waals surface area (Å²) in [6.45, 7) is 3.10. The molecule has 0 heterocycles. The van der Waals surface area contributed by atoms with Crippen LogP contribution >= 0.6 is 0 Å². The van der Waals surface area contributed by atoms with Gasteiger partial charge in [-0.25, -0.2) is 8.42 Å². The third kappa shape index (κ3) is 7.02. The first-order valence-electron chi connectivity index (χ1n) is 7.09. The number of nitrogens with one attached hydrogen (secondary N) is 1. The number of ether oxygens (including phenoxy) is 1. The minimum absolute atomic E-state index is 0.120. The minimum Gasteiger partial charge on any atom is -0.383 e. The van der Waals surface area contributed by atoms with Crippen LogP contribution in [0.4, 0.5) is 0 Å². The van der Waals surface area contributed by atoms with Gasteiger partial charge in [0, 0.05) is 26.7 Å². The second-order valence-electron chi connectivity index (χ2n) is 5.17. The van der Waals surface area contributed by atoms with Crippen molar-refractivity contribution in [3.8, 4) is 0 Å². The number of sulfonamides is 1. The van der Waals surface area contributed by atoms with Crippen molar-refractivity contribution < 1.29 is 17.9 Å². The summed E-state index contributed by atoms with van der Waals surface area (Å²) in [7, 11) is -1.78. The lowest BCUT2D eigenvalue weighted by atomic mass is 10.1. The van der Waals surface area contributed by atoms with Crippen molar-refractivity contribution in [1.82, 2.24) is 9.62 Å². The predicted molar refractivity (Wildman–Crippen MR) is 86.2 cm³/mol. The van der Waals surface area contributed by atoms with Crippen molar-refractivity contribution >= 4 is 15.9 Å². The maximum absolute atomic E-state index is 11.9. The van der Waals surface area contributed by atoms with Crippen LogP contribution in [-0.2, 0) is 26.0 Å². The lowest BCUT2D eigenvalue weighted by Crippen LogP contribution is -2.40. The molecule has 7 heteroatoms. The second-order valence-corrected chi connectivity index (χ2v) is 7.15. The molecule has 0 unspecified atom stereocenters. The molecule has 1 amide bonds. The molecule has 0 atom stereocenters. The number of amides is 1. The first kappa shape index (κ1) is 18.6. The molecule has 124 valence electrons. The van der Waals surface area contributed by atoms with E-state index in [0.29, 0.717) is 13.0 Å². The zero-order valence-corrected chi connectivity index (χ0v) is 14.1. The molecule has 0 saturated carbocycles. The highest BCUT2D eigenvalue weighted by Gasteiger charge is 2.16. The van der Waals surface area contributed by atoms with Gasteiger partial charge in [0.1, 0.15) is 0 Å². The zero-order valence-electron chi connectivity index (χ0n) is 13.3. The van der Waals surface area contributed by atoms with Crippen LogP contribution in [0, 0.1) is 6.92 Å². The van der Waals surface area contributed by atoms with Gasteiger partial charge in [0.25, 0.3) is 0 Å². The van der Waals surface area contributed by atoms with E-state index in [4.69, 9.17) is 4.74 Å². The summed E-state index contributed by atoms with van der Waals surface area (Å²) in [6.07, 6.45) is 1.44. The van der Waals surface area contributed by atoms with Crippen LogP contribution in [0.5, 0.6) is 0 Å². The Morgan fingerprint density at radius 2 is 2.05 bits per heavy atom. The molecule has 6 nitrogen and oxygen atoms in total. The van der Waals surface area contributed by atoms with Crippen LogP contribution in [0.15, 0.2) is 24.3 Å². The Balaban J connectivity index is 2.42. The molecule has 0 aliphatic rings. The lowest BCUT2D eigenvalue weighted by molar-refractivity contribution is -0.120. The topological polar surface area (TPSA) is 75.7 Å². The van der Waals surface area contributed by atoms with E-state index in [1.54, 1.807) is 0 Å². The molecule has 0 aliphatic heterocycles. The van der Waals surface area contributed by atoms with E-state index in [-0.39, 0.29) is 25.5 Å². The van der Waals surface area contributed by atoms with Crippen molar-refractivity contribution in [2.45, 2.75) is 13.3 Å².